The first-order chi connectivity index (χ1) is 8.81. The highest BCUT2D eigenvalue weighted by Gasteiger charge is 2.58. The Bertz CT molecular complexity index is 308. The molecular formula is C17H34N2. The van der Waals surface area contributed by atoms with Crippen molar-refractivity contribution < 1.29 is 0 Å². The molecule has 2 unspecified atom stereocenters. The molecule has 0 radical (unpaired) electrons. The van der Waals surface area contributed by atoms with Gasteiger partial charge in [-0.25, -0.2) is 0 Å². The molecule has 2 bridgehead atoms. The molecule has 2 saturated carbocycles. The van der Waals surface area contributed by atoms with Gasteiger partial charge < -0.3 is 10.2 Å². The smallest absolute Gasteiger partial charge is 0.0175 e. The van der Waals surface area contributed by atoms with Crippen molar-refractivity contribution in [3.05, 3.63) is 0 Å². The molecule has 2 rings (SSSR count). The van der Waals surface area contributed by atoms with Crippen molar-refractivity contribution in [2.45, 2.75) is 72.4 Å². The van der Waals surface area contributed by atoms with Crippen LogP contribution in [-0.2, 0) is 0 Å². The molecule has 0 spiro atoms. The van der Waals surface area contributed by atoms with Gasteiger partial charge in [0, 0.05) is 25.2 Å². The summed E-state index contributed by atoms with van der Waals surface area (Å²) in [7, 11) is 2.25. The average Bonchev–Trinajstić information content (AvgIpc) is 2.83. The van der Waals surface area contributed by atoms with Crippen LogP contribution in [0.15, 0.2) is 0 Å². The van der Waals surface area contributed by atoms with Crippen LogP contribution in [0.1, 0.15) is 60.3 Å². The Morgan fingerprint density at radius 3 is 2.53 bits per heavy atom. The van der Waals surface area contributed by atoms with E-state index in [0.717, 1.165) is 12.5 Å². The molecule has 0 aromatic carbocycles. The van der Waals surface area contributed by atoms with Gasteiger partial charge in [0.15, 0.2) is 0 Å². The standard InChI is InChI=1S/C17H34N2/c1-7-13(2)19(6)11-10-18-15-16(3,4)14-8-9-17(15,5)12-14/h13-15,18H,7-12H2,1-6H3/t13?,14-,15?,17+/m0/s1. The molecule has 1 N–H and O–H groups in total. The molecular weight excluding hydrogens is 232 g/mol. The fraction of sp³-hybridized carbons (Fsp3) is 1.00. The lowest BCUT2D eigenvalue weighted by atomic mass is 9.68. The summed E-state index contributed by atoms with van der Waals surface area (Å²) in [6.07, 6.45) is 5.57. The van der Waals surface area contributed by atoms with Gasteiger partial charge in [-0.1, -0.05) is 27.7 Å². The topological polar surface area (TPSA) is 15.3 Å². The highest BCUT2D eigenvalue weighted by molar-refractivity contribution is 5.11. The van der Waals surface area contributed by atoms with Crippen LogP contribution in [0.4, 0.5) is 0 Å². The first-order valence-electron chi connectivity index (χ1n) is 8.25. The van der Waals surface area contributed by atoms with Crippen LogP contribution >= 0.6 is 0 Å². The Morgan fingerprint density at radius 1 is 1.32 bits per heavy atom. The Hall–Kier alpha value is -0.0800. The number of rotatable bonds is 6. The maximum Gasteiger partial charge on any atom is 0.0175 e. The van der Waals surface area contributed by atoms with Crippen LogP contribution in [0.25, 0.3) is 0 Å². The van der Waals surface area contributed by atoms with E-state index in [1.54, 1.807) is 0 Å². The lowest BCUT2D eigenvalue weighted by Crippen LogP contribution is -2.52. The summed E-state index contributed by atoms with van der Waals surface area (Å²) in [5, 5.41) is 3.91. The van der Waals surface area contributed by atoms with E-state index < -0.39 is 0 Å². The third kappa shape index (κ3) is 2.71. The predicted octanol–water partition coefficient (Wildman–Crippen LogP) is 3.52. The third-order valence-electron chi connectivity index (χ3n) is 6.43. The van der Waals surface area contributed by atoms with Crippen molar-refractivity contribution in [2.75, 3.05) is 20.1 Å². The largest absolute Gasteiger partial charge is 0.312 e. The van der Waals surface area contributed by atoms with Gasteiger partial charge in [-0.3, -0.25) is 0 Å². The second-order valence-corrected chi connectivity index (χ2v) is 8.04. The van der Waals surface area contributed by atoms with Crippen LogP contribution in [0.2, 0.25) is 0 Å². The van der Waals surface area contributed by atoms with Crippen LogP contribution in [0, 0.1) is 16.7 Å². The molecule has 0 aromatic heterocycles. The molecule has 0 aromatic rings. The first-order valence-corrected chi connectivity index (χ1v) is 8.25. The van der Waals surface area contributed by atoms with Crippen LogP contribution in [0.3, 0.4) is 0 Å². The van der Waals surface area contributed by atoms with E-state index in [2.05, 4.69) is 51.9 Å². The van der Waals surface area contributed by atoms with E-state index >= 15 is 0 Å². The summed E-state index contributed by atoms with van der Waals surface area (Å²) in [5.41, 5.74) is 1.05. The highest BCUT2D eigenvalue weighted by Crippen LogP contribution is 2.62. The molecule has 19 heavy (non-hydrogen) atoms. The zero-order valence-electron chi connectivity index (χ0n) is 13.9. The van der Waals surface area contributed by atoms with Crippen molar-refractivity contribution >= 4 is 0 Å². The Balaban J connectivity index is 1.86. The number of nitrogens with one attached hydrogen (secondary N) is 1. The summed E-state index contributed by atoms with van der Waals surface area (Å²) < 4.78 is 0. The molecule has 2 aliphatic carbocycles. The van der Waals surface area contributed by atoms with Crippen LogP contribution in [0.5, 0.6) is 0 Å². The van der Waals surface area contributed by atoms with Crippen molar-refractivity contribution in [3.63, 3.8) is 0 Å². The van der Waals surface area contributed by atoms with Crippen LogP contribution in [-0.4, -0.2) is 37.1 Å². The molecule has 112 valence electrons. The molecule has 0 amide bonds. The second kappa shape index (κ2) is 5.37. The second-order valence-electron chi connectivity index (χ2n) is 8.04. The molecule has 0 saturated heterocycles. The Morgan fingerprint density at radius 2 is 2.00 bits per heavy atom. The molecule has 0 heterocycles. The first kappa shape index (κ1) is 15.3. The van der Waals surface area contributed by atoms with E-state index in [-0.39, 0.29) is 0 Å². The van der Waals surface area contributed by atoms with E-state index in [1.165, 1.54) is 32.2 Å². The Labute approximate surface area is 120 Å². The van der Waals surface area contributed by atoms with E-state index in [4.69, 9.17) is 0 Å². The van der Waals surface area contributed by atoms with Crippen LogP contribution < -0.4 is 5.32 Å². The minimum absolute atomic E-state index is 0.488. The van der Waals surface area contributed by atoms with Gasteiger partial charge in [0.25, 0.3) is 0 Å². The normalized spacial score (nSPS) is 38.1. The monoisotopic (exact) mass is 266 g/mol. The molecule has 0 aliphatic heterocycles. The Kier molecular flexibility index (Phi) is 4.32. The number of hydrogen-bond donors (Lipinski definition) is 1. The molecule has 4 atom stereocenters. The number of hydrogen-bond acceptors (Lipinski definition) is 2. The maximum atomic E-state index is 3.91. The molecule has 2 heteroatoms. The van der Waals surface area contributed by atoms with E-state index in [1.807, 2.05) is 0 Å². The van der Waals surface area contributed by atoms with Gasteiger partial charge in [-0.15, -0.1) is 0 Å². The fourth-order valence-corrected chi connectivity index (χ4v) is 4.73. The van der Waals surface area contributed by atoms with Gasteiger partial charge in [0.05, 0.1) is 0 Å². The minimum atomic E-state index is 0.488. The lowest BCUT2D eigenvalue weighted by Gasteiger charge is -2.43. The highest BCUT2D eigenvalue weighted by atomic mass is 15.1. The summed E-state index contributed by atoms with van der Waals surface area (Å²) in [4.78, 5) is 2.48. The number of likely N-dealkylation sites (N-methyl/N-ethyl adjacent to an activating group) is 1. The van der Waals surface area contributed by atoms with Gasteiger partial charge >= 0.3 is 0 Å². The summed E-state index contributed by atoms with van der Waals surface area (Å²) in [6.45, 7) is 14.4. The van der Waals surface area contributed by atoms with Gasteiger partial charge in [0.1, 0.15) is 0 Å². The number of nitrogens with zero attached hydrogens (tertiary/aromatic N) is 1. The lowest BCUT2D eigenvalue weighted by molar-refractivity contribution is 0.105. The van der Waals surface area contributed by atoms with Crippen molar-refractivity contribution in [2.24, 2.45) is 16.7 Å². The maximum absolute atomic E-state index is 3.91. The third-order valence-corrected chi connectivity index (χ3v) is 6.43. The summed E-state index contributed by atoms with van der Waals surface area (Å²) in [6, 6.07) is 1.41. The summed E-state index contributed by atoms with van der Waals surface area (Å²) in [5.74, 6) is 0.947. The molecule has 2 nitrogen and oxygen atoms in total. The van der Waals surface area contributed by atoms with Gasteiger partial charge in [-0.05, 0) is 56.4 Å². The van der Waals surface area contributed by atoms with E-state index in [0.29, 0.717) is 22.9 Å². The molecule has 2 fully saturated rings. The average molecular weight is 266 g/mol. The fourth-order valence-electron chi connectivity index (χ4n) is 4.73. The number of fused-ring (bicyclic) bond motifs is 2. The zero-order chi connectivity index (χ0) is 14.3. The summed E-state index contributed by atoms with van der Waals surface area (Å²) >= 11 is 0. The zero-order valence-corrected chi connectivity index (χ0v) is 13.9. The van der Waals surface area contributed by atoms with Crippen molar-refractivity contribution in [1.82, 2.24) is 10.2 Å². The molecule has 2 aliphatic rings. The predicted molar refractivity (Wildman–Crippen MR) is 83.4 cm³/mol. The SMILES string of the molecule is CCC(C)N(C)CCNC1C(C)(C)[C@H]2CC[C@]1(C)C2. The van der Waals surface area contributed by atoms with E-state index in [9.17, 15) is 0 Å². The van der Waals surface area contributed by atoms with Crippen molar-refractivity contribution in [3.8, 4) is 0 Å². The van der Waals surface area contributed by atoms with Gasteiger partial charge in [0.2, 0.25) is 0 Å². The quantitative estimate of drug-likeness (QED) is 0.791. The minimum Gasteiger partial charge on any atom is -0.312 e. The van der Waals surface area contributed by atoms with Gasteiger partial charge in [-0.2, -0.15) is 0 Å². The van der Waals surface area contributed by atoms with Crippen molar-refractivity contribution in [1.29, 1.82) is 0 Å².